The van der Waals surface area contributed by atoms with Crippen molar-refractivity contribution in [1.29, 1.82) is 0 Å². The molecule has 0 heterocycles. The van der Waals surface area contributed by atoms with Gasteiger partial charge < -0.3 is 20.1 Å². The first kappa shape index (κ1) is 21.9. The number of hydrogen-bond acceptors (Lipinski definition) is 3. The lowest BCUT2D eigenvalue weighted by atomic mass is 10.1. The predicted molar refractivity (Wildman–Crippen MR) is 114 cm³/mol. The van der Waals surface area contributed by atoms with Crippen molar-refractivity contribution in [1.82, 2.24) is 10.6 Å². The van der Waals surface area contributed by atoms with Gasteiger partial charge in [0.15, 0.2) is 17.5 Å². The van der Waals surface area contributed by atoms with Crippen LogP contribution in [0, 0.1) is 5.92 Å². The van der Waals surface area contributed by atoms with Crippen LogP contribution in [0.3, 0.4) is 0 Å². The first-order valence-corrected chi connectivity index (χ1v) is 9.04. The van der Waals surface area contributed by atoms with Crippen LogP contribution in [0.4, 0.5) is 0 Å². The van der Waals surface area contributed by atoms with Crippen molar-refractivity contribution in [3.05, 3.63) is 23.8 Å². The molecule has 1 aromatic carbocycles. The van der Waals surface area contributed by atoms with Gasteiger partial charge in [0, 0.05) is 13.6 Å². The summed E-state index contributed by atoms with van der Waals surface area (Å²) in [5.41, 5.74) is 1.15. The lowest BCUT2D eigenvalue weighted by Gasteiger charge is -2.20. The highest BCUT2D eigenvalue weighted by Gasteiger charge is 2.20. The van der Waals surface area contributed by atoms with E-state index in [2.05, 4.69) is 28.6 Å². The van der Waals surface area contributed by atoms with E-state index in [1.165, 1.54) is 19.3 Å². The Bertz CT molecular complexity index is 547. The monoisotopic (exact) mass is 461 g/mol. The van der Waals surface area contributed by atoms with Crippen LogP contribution in [-0.4, -0.2) is 32.8 Å². The molecule has 2 N–H and O–H groups in total. The Morgan fingerprint density at radius 2 is 1.88 bits per heavy atom. The molecule has 25 heavy (non-hydrogen) atoms. The van der Waals surface area contributed by atoms with Gasteiger partial charge in [-0.2, -0.15) is 0 Å². The third kappa shape index (κ3) is 7.30. The molecule has 1 aromatic rings. The van der Waals surface area contributed by atoms with Gasteiger partial charge in [-0.25, -0.2) is 0 Å². The molecular weight excluding hydrogens is 429 g/mol. The van der Waals surface area contributed by atoms with E-state index in [1.807, 2.05) is 33.0 Å². The zero-order chi connectivity index (χ0) is 17.4. The quantitative estimate of drug-likeness (QED) is 0.330. The maximum atomic E-state index is 5.71. The normalized spacial score (nSPS) is 15.1. The van der Waals surface area contributed by atoms with E-state index >= 15 is 0 Å². The van der Waals surface area contributed by atoms with Crippen LogP contribution in [0.5, 0.6) is 11.5 Å². The van der Waals surface area contributed by atoms with E-state index in [1.54, 1.807) is 0 Å². The van der Waals surface area contributed by atoms with Gasteiger partial charge in [0.1, 0.15) is 0 Å². The Balaban J connectivity index is 0.00000312. The zero-order valence-electron chi connectivity index (χ0n) is 15.8. The molecule has 0 spiro atoms. The Morgan fingerprint density at radius 3 is 2.48 bits per heavy atom. The molecule has 0 aliphatic heterocycles. The number of nitrogens with one attached hydrogen (secondary N) is 2. The number of ether oxygens (including phenoxy) is 2. The molecule has 1 aliphatic rings. The lowest BCUT2D eigenvalue weighted by molar-refractivity contribution is 0.287. The Hall–Kier alpha value is -1.18. The predicted octanol–water partition coefficient (Wildman–Crippen LogP) is 4.13. The van der Waals surface area contributed by atoms with Gasteiger partial charge in [0.05, 0.1) is 19.3 Å². The Labute approximate surface area is 169 Å². The molecular formula is C19H32IN3O2. The van der Waals surface area contributed by atoms with Gasteiger partial charge in [-0.15, -0.1) is 24.0 Å². The molecule has 1 saturated carbocycles. The van der Waals surface area contributed by atoms with E-state index in [0.717, 1.165) is 35.5 Å². The number of nitrogens with zero attached hydrogens (tertiary/aromatic N) is 1. The fourth-order valence-corrected chi connectivity index (χ4v) is 2.62. The minimum atomic E-state index is 0. The van der Waals surface area contributed by atoms with Gasteiger partial charge in [-0.3, -0.25) is 4.99 Å². The fraction of sp³-hybridized carbons (Fsp3) is 0.632. The number of halogens is 1. The van der Waals surface area contributed by atoms with E-state index in [0.29, 0.717) is 13.2 Å². The number of rotatable bonds is 9. The molecule has 0 amide bonds. The van der Waals surface area contributed by atoms with Crippen LogP contribution >= 0.6 is 24.0 Å². The van der Waals surface area contributed by atoms with Crippen LogP contribution in [-0.2, 0) is 0 Å². The van der Waals surface area contributed by atoms with Crippen molar-refractivity contribution in [2.45, 2.75) is 46.1 Å². The molecule has 0 bridgehead atoms. The highest BCUT2D eigenvalue weighted by Crippen LogP contribution is 2.32. The highest BCUT2D eigenvalue weighted by molar-refractivity contribution is 14.0. The molecule has 1 unspecified atom stereocenters. The second-order valence-electron chi connectivity index (χ2n) is 6.17. The van der Waals surface area contributed by atoms with Crippen LogP contribution < -0.4 is 20.1 Å². The van der Waals surface area contributed by atoms with Crippen LogP contribution in [0.2, 0.25) is 0 Å². The fourth-order valence-electron chi connectivity index (χ4n) is 2.62. The van der Waals surface area contributed by atoms with Crippen molar-refractivity contribution in [2.75, 3.05) is 26.8 Å². The van der Waals surface area contributed by atoms with E-state index < -0.39 is 0 Å². The summed E-state index contributed by atoms with van der Waals surface area (Å²) >= 11 is 0. The molecule has 6 heteroatoms. The lowest BCUT2D eigenvalue weighted by Crippen LogP contribution is -2.39. The molecule has 0 saturated heterocycles. The molecule has 1 aliphatic carbocycles. The second kappa shape index (κ2) is 11.4. The number of aliphatic imine (C=N–C) groups is 1. The molecule has 142 valence electrons. The van der Waals surface area contributed by atoms with Gasteiger partial charge >= 0.3 is 0 Å². The highest BCUT2D eigenvalue weighted by atomic mass is 127. The SMILES string of the molecule is CCOc1ccc(C(C)NC(=NC)NCCC2CC2)cc1OCC.I. The smallest absolute Gasteiger partial charge is 0.191 e. The first-order chi connectivity index (χ1) is 11.7. The summed E-state index contributed by atoms with van der Waals surface area (Å²) in [5, 5.41) is 6.84. The number of hydrogen-bond donors (Lipinski definition) is 2. The average molecular weight is 461 g/mol. The topological polar surface area (TPSA) is 54.9 Å². The summed E-state index contributed by atoms with van der Waals surface area (Å²) in [6, 6.07) is 6.23. The number of guanidine groups is 1. The molecule has 1 fully saturated rings. The minimum Gasteiger partial charge on any atom is -0.490 e. The van der Waals surface area contributed by atoms with Crippen LogP contribution in [0.15, 0.2) is 23.2 Å². The minimum absolute atomic E-state index is 0. The van der Waals surface area contributed by atoms with Crippen molar-refractivity contribution < 1.29 is 9.47 Å². The Morgan fingerprint density at radius 1 is 1.20 bits per heavy atom. The van der Waals surface area contributed by atoms with E-state index in [-0.39, 0.29) is 30.0 Å². The van der Waals surface area contributed by atoms with E-state index in [9.17, 15) is 0 Å². The largest absolute Gasteiger partial charge is 0.490 e. The summed E-state index contributed by atoms with van der Waals surface area (Å²) in [6.07, 6.45) is 4.00. The third-order valence-corrected chi connectivity index (χ3v) is 4.19. The van der Waals surface area contributed by atoms with Gasteiger partial charge in [0.25, 0.3) is 0 Å². The van der Waals surface area contributed by atoms with Crippen molar-refractivity contribution >= 4 is 29.9 Å². The number of benzene rings is 1. The van der Waals surface area contributed by atoms with Gasteiger partial charge in [-0.1, -0.05) is 18.9 Å². The van der Waals surface area contributed by atoms with Gasteiger partial charge in [-0.05, 0) is 50.8 Å². The van der Waals surface area contributed by atoms with Crippen molar-refractivity contribution in [3.63, 3.8) is 0 Å². The maximum absolute atomic E-state index is 5.71. The summed E-state index contributed by atoms with van der Waals surface area (Å²) in [7, 11) is 1.81. The maximum Gasteiger partial charge on any atom is 0.191 e. The summed E-state index contributed by atoms with van der Waals surface area (Å²) in [6.45, 7) is 8.31. The third-order valence-electron chi connectivity index (χ3n) is 4.19. The molecule has 5 nitrogen and oxygen atoms in total. The standard InChI is InChI=1S/C19H31N3O2.HI/c1-5-23-17-10-9-16(13-18(17)24-6-2)14(3)22-19(20-4)21-12-11-15-7-8-15;/h9-10,13-15H,5-8,11-12H2,1-4H3,(H2,20,21,22);1H. The average Bonchev–Trinajstić information content (AvgIpc) is 3.40. The van der Waals surface area contributed by atoms with E-state index in [4.69, 9.17) is 9.47 Å². The van der Waals surface area contributed by atoms with Crippen molar-refractivity contribution in [2.24, 2.45) is 10.9 Å². The van der Waals surface area contributed by atoms with Crippen LogP contribution in [0.25, 0.3) is 0 Å². The van der Waals surface area contributed by atoms with Gasteiger partial charge in [0.2, 0.25) is 0 Å². The van der Waals surface area contributed by atoms with Crippen LogP contribution in [0.1, 0.15) is 51.6 Å². The first-order valence-electron chi connectivity index (χ1n) is 9.04. The van der Waals surface area contributed by atoms with Crippen molar-refractivity contribution in [3.8, 4) is 11.5 Å². The molecule has 0 radical (unpaired) electrons. The summed E-state index contributed by atoms with van der Waals surface area (Å²) in [4.78, 5) is 4.32. The molecule has 2 rings (SSSR count). The summed E-state index contributed by atoms with van der Waals surface area (Å²) in [5.74, 6) is 3.35. The Kier molecular flexibility index (Phi) is 10.0. The zero-order valence-corrected chi connectivity index (χ0v) is 18.1. The molecule has 0 aromatic heterocycles. The molecule has 1 atom stereocenters. The second-order valence-corrected chi connectivity index (χ2v) is 6.17. The summed E-state index contributed by atoms with van der Waals surface area (Å²) < 4.78 is 11.3.